The highest BCUT2D eigenvalue weighted by Gasteiger charge is 2.26. The summed E-state index contributed by atoms with van der Waals surface area (Å²) in [4.78, 5) is 0.0321. The van der Waals surface area contributed by atoms with Crippen molar-refractivity contribution in [2.24, 2.45) is 0 Å². The Morgan fingerprint density at radius 2 is 2.00 bits per heavy atom. The molecule has 1 aromatic carbocycles. The zero-order valence-electron chi connectivity index (χ0n) is 11.8. The molecule has 0 heterocycles. The maximum absolute atomic E-state index is 13.4. The molecule has 6 heteroatoms. The Morgan fingerprint density at radius 1 is 1.37 bits per heavy atom. The lowest BCUT2D eigenvalue weighted by Gasteiger charge is -2.22. The van der Waals surface area contributed by atoms with Crippen molar-refractivity contribution in [3.8, 4) is 0 Å². The Balaban J connectivity index is 3.27. The van der Waals surface area contributed by atoms with Crippen LogP contribution in [0.2, 0.25) is 0 Å². The summed E-state index contributed by atoms with van der Waals surface area (Å²) >= 11 is 0. The normalized spacial score (nSPS) is 12.4. The van der Waals surface area contributed by atoms with Crippen LogP contribution in [0, 0.1) is 5.82 Å². The van der Waals surface area contributed by atoms with Crippen LogP contribution in [0.5, 0.6) is 0 Å². The van der Waals surface area contributed by atoms with Gasteiger partial charge in [-0.2, -0.15) is 4.31 Å². The van der Waals surface area contributed by atoms with E-state index in [-0.39, 0.29) is 10.9 Å². The Kier molecular flexibility index (Phi) is 5.46. The first-order chi connectivity index (χ1) is 8.80. The number of benzene rings is 1. The summed E-state index contributed by atoms with van der Waals surface area (Å²) in [6, 6.07) is 3.70. The number of halogens is 1. The fraction of sp³-hybridized carbons (Fsp3) is 0.538. The van der Waals surface area contributed by atoms with E-state index >= 15 is 0 Å². The van der Waals surface area contributed by atoms with Gasteiger partial charge in [0.2, 0.25) is 10.0 Å². The van der Waals surface area contributed by atoms with E-state index in [0.29, 0.717) is 12.1 Å². The zero-order valence-corrected chi connectivity index (χ0v) is 12.6. The predicted molar refractivity (Wildman–Crippen MR) is 73.9 cm³/mol. The van der Waals surface area contributed by atoms with Crippen LogP contribution in [-0.4, -0.2) is 32.4 Å². The average Bonchev–Trinajstić information content (AvgIpc) is 2.36. The number of hydrogen-bond donors (Lipinski definition) is 1. The lowest BCUT2D eigenvalue weighted by atomic mass is 10.2. The van der Waals surface area contributed by atoms with Crippen LogP contribution in [0.3, 0.4) is 0 Å². The molecule has 1 aromatic rings. The third-order valence-corrected chi connectivity index (χ3v) is 5.09. The molecule has 1 N–H and O–H groups in total. The number of nitrogens with zero attached hydrogens (tertiary/aromatic N) is 1. The summed E-state index contributed by atoms with van der Waals surface area (Å²) in [6.07, 6.45) is 0. The van der Waals surface area contributed by atoms with Gasteiger partial charge in [-0.25, -0.2) is 12.8 Å². The highest BCUT2D eigenvalue weighted by Crippen LogP contribution is 2.22. The molecular weight excluding hydrogens is 267 g/mol. The lowest BCUT2D eigenvalue weighted by Crippen LogP contribution is -2.34. The minimum Gasteiger partial charge on any atom is -0.313 e. The van der Waals surface area contributed by atoms with Gasteiger partial charge in [-0.3, -0.25) is 0 Å². The lowest BCUT2D eigenvalue weighted by molar-refractivity contribution is 0.409. The minimum atomic E-state index is -3.67. The van der Waals surface area contributed by atoms with Crippen LogP contribution in [0.15, 0.2) is 23.1 Å². The molecule has 0 unspecified atom stereocenters. The van der Waals surface area contributed by atoms with Crippen molar-refractivity contribution in [2.45, 2.75) is 38.3 Å². The van der Waals surface area contributed by atoms with Gasteiger partial charge in [-0.05, 0) is 38.1 Å². The fourth-order valence-corrected chi connectivity index (χ4v) is 3.21. The third-order valence-electron chi connectivity index (χ3n) is 2.98. The van der Waals surface area contributed by atoms with Gasteiger partial charge in [0.15, 0.2) is 0 Å². The van der Waals surface area contributed by atoms with Gasteiger partial charge in [0.1, 0.15) is 5.82 Å². The molecule has 0 atom stereocenters. The topological polar surface area (TPSA) is 49.4 Å². The second kappa shape index (κ2) is 6.45. The summed E-state index contributed by atoms with van der Waals surface area (Å²) in [5, 5.41) is 3.06. The summed E-state index contributed by atoms with van der Waals surface area (Å²) in [7, 11) is -2.17. The third kappa shape index (κ3) is 3.75. The van der Waals surface area contributed by atoms with Crippen molar-refractivity contribution >= 4 is 10.0 Å². The molecule has 0 spiro atoms. The van der Waals surface area contributed by atoms with Crippen LogP contribution in [-0.2, 0) is 16.6 Å². The number of sulfonamides is 1. The van der Waals surface area contributed by atoms with Gasteiger partial charge >= 0.3 is 0 Å². The van der Waals surface area contributed by atoms with E-state index in [1.54, 1.807) is 13.8 Å². The van der Waals surface area contributed by atoms with E-state index < -0.39 is 15.8 Å². The van der Waals surface area contributed by atoms with Crippen LogP contribution in [0.1, 0.15) is 26.3 Å². The largest absolute Gasteiger partial charge is 0.313 e. The first-order valence-electron chi connectivity index (χ1n) is 6.27. The summed E-state index contributed by atoms with van der Waals surface area (Å²) in [5.74, 6) is -0.545. The van der Waals surface area contributed by atoms with Crippen LogP contribution in [0.25, 0.3) is 0 Å². The van der Waals surface area contributed by atoms with Crippen molar-refractivity contribution in [3.63, 3.8) is 0 Å². The van der Waals surface area contributed by atoms with E-state index in [0.717, 1.165) is 12.6 Å². The SMILES string of the molecule is CCNCc1ccc(F)cc1S(=O)(=O)N(C)C(C)C. The predicted octanol–water partition coefficient (Wildman–Crippen LogP) is 1.96. The van der Waals surface area contributed by atoms with E-state index in [4.69, 9.17) is 0 Å². The van der Waals surface area contributed by atoms with E-state index in [2.05, 4.69) is 5.32 Å². The molecule has 108 valence electrons. The minimum absolute atomic E-state index is 0.0321. The molecule has 1 rings (SSSR count). The van der Waals surface area contributed by atoms with Crippen LogP contribution in [0.4, 0.5) is 4.39 Å². The van der Waals surface area contributed by atoms with E-state index in [9.17, 15) is 12.8 Å². The number of hydrogen-bond acceptors (Lipinski definition) is 3. The Morgan fingerprint density at radius 3 is 2.53 bits per heavy atom. The average molecular weight is 288 g/mol. The molecule has 0 saturated heterocycles. The van der Waals surface area contributed by atoms with E-state index in [1.165, 1.54) is 23.5 Å². The van der Waals surface area contributed by atoms with Crippen LogP contribution >= 0.6 is 0 Å². The highest BCUT2D eigenvalue weighted by molar-refractivity contribution is 7.89. The zero-order chi connectivity index (χ0) is 14.6. The molecule has 0 aromatic heterocycles. The summed E-state index contributed by atoms with van der Waals surface area (Å²) in [5.41, 5.74) is 0.579. The number of nitrogens with one attached hydrogen (secondary N) is 1. The molecule has 0 bridgehead atoms. The quantitative estimate of drug-likeness (QED) is 0.870. The van der Waals surface area contributed by atoms with Gasteiger partial charge < -0.3 is 5.32 Å². The van der Waals surface area contributed by atoms with Gasteiger partial charge in [0.25, 0.3) is 0 Å². The maximum atomic E-state index is 13.4. The first-order valence-corrected chi connectivity index (χ1v) is 7.71. The molecule has 0 radical (unpaired) electrons. The van der Waals surface area contributed by atoms with Crippen LogP contribution < -0.4 is 5.32 Å². The smallest absolute Gasteiger partial charge is 0.243 e. The van der Waals surface area contributed by atoms with Gasteiger partial charge in [0, 0.05) is 19.6 Å². The fourth-order valence-electron chi connectivity index (χ4n) is 1.61. The Hall–Kier alpha value is -0.980. The first kappa shape index (κ1) is 16.1. The maximum Gasteiger partial charge on any atom is 0.243 e. The Labute approximate surface area is 114 Å². The van der Waals surface area contributed by atoms with Gasteiger partial charge in [-0.1, -0.05) is 13.0 Å². The van der Waals surface area contributed by atoms with Crippen molar-refractivity contribution < 1.29 is 12.8 Å². The molecule has 0 fully saturated rings. The molecule has 0 aliphatic carbocycles. The van der Waals surface area contributed by atoms with Crippen molar-refractivity contribution in [1.82, 2.24) is 9.62 Å². The summed E-state index contributed by atoms with van der Waals surface area (Å²) < 4.78 is 39.5. The van der Waals surface area contributed by atoms with Crippen molar-refractivity contribution in [1.29, 1.82) is 0 Å². The molecule has 0 saturated carbocycles. The van der Waals surface area contributed by atoms with Crippen molar-refractivity contribution in [2.75, 3.05) is 13.6 Å². The van der Waals surface area contributed by atoms with Crippen molar-refractivity contribution in [3.05, 3.63) is 29.6 Å². The molecule has 0 aliphatic rings. The molecule has 0 aliphatic heterocycles. The molecule has 0 amide bonds. The molecular formula is C13H21FN2O2S. The summed E-state index contributed by atoms with van der Waals surface area (Å²) in [6.45, 7) is 6.60. The standard InChI is InChI=1S/C13H21FN2O2S/c1-5-15-9-11-6-7-12(14)8-13(11)19(17,18)16(4)10(2)3/h6-8,10,15H,5,9H2,1-4H3. The van der Waals surface area contributed by atoms with Gasteiger partial charge in [-0.15, -0.1) is 0 Å². The molecule has 19 heavy (non-hydrogen) atoms. The van der Waals surface area contributed by atoms with E-state index in [1.807, 2.05) is 6.92 Å². The second-order valence-corrected chi connectivity index (χ2v) is 6.61. The van der Waals surface area contributed by atoms with Gasteiger partial charge in [0.05, 0.1) is 4.90 Å². The number of rotatable bonds is 6. The second-order valence-electron chi connectivity index (χ2n) is 4.65. The Bertz CT molecular complexity index is 529. The highest BCUT2D eigenvalue weighted by atomic mass is 32.2. The monoisotopic (exact) mass is 288 g/mol. The molecule has 4 nitrogen and oxygen atoms in total.